The van der Waals surface area contributed by atoms with E-state index >= 15 is 0 Å². The highest BCUT2D eigenvalue weighted by Gasteiger charge is 2.18. The average molecular weight is 471 g/mol. The van der Waals surface area contributed by atoms with Crippen molar-refractivity contribution in [3.63, 3.8) is 0 Å². The number of hydrogen-bond donors (Lipinski definition) is 1. The SMILES string of the molecule is Cc1nn(C(C)C(=O)Nc2cc(C)n(Cc3ccc(Cl)c(Cl)c3)n2)cc1Br. The molecule has 142 valence electrons. The Bertz CT molecular complexity index is 978. The second kappa shape index (κ2) is 8.04. The van der Waals surface area contributed by atoms with Crippen LogP contribution in [0.25, 0.3) is 0 Å². The number of hydrogen-bond acceptors (Lipinski definition) is 3. The van der Waals surface area contributed by atoms with E-state index in [-0.39, 0.29) is 5.91 Å². The Labute approximate surface area is 175 Å². The highest BCUT2D eigenvalue weighted by molar-refractivity contribution is 9.10. The Morgan fingerprint density at radius 3 is 2.59 bits per heavy atom. The predicted octanol–water partition coefficient (Wildman–Crippen LogP) is 5.01. The van der Waals surface area contributed by atoms with Gasteiger partial charge in [-0.05, 0) is 54.4 Å². The van der Waals surface area contributed by atoms with E-state index in [0.29, 0.717) is 22.4 Å². The largest absolute Gasteiger partial charge is 0.307 e. The first kappa shape index (κ1) is 19.9. The molecule has 6 nitrogen and oxygen atoms in total. The third kappa shape index (κ3) is 4.54. The summed E-state index contributed by atoms with van der Waals surface area (Å²) < 4.78 is 4.28. The van der Waals surface area contributed by atoms with Crippen LogP contribution in [-0.2, 0) is 11.3 Å². The summed E-state index contributed by atoms with van der Waals surface area (Å²) in [5.41, 5.74) is 2.72. The molecule has 0 aliphatic carbocycles. The Morgan fingerprint density at radius 2 is 1.96 bits per heavy atom. The molecule has 27 heavy (non-hydrogen) atoms. The van der Waals surface area contributed by atoms with Crippen molar-refractivity contribution in [3.05, 3.63) is 61.9 Å². The van der Waals surface area contributed by atoms with Crippen molar-refractivity contribution in [2.75, 3.05) is 5.32 Å². The molecule has 1 unspecified atom stereocenters. The Balaban J connectivity index is 1.71. The third-order valence-electron chi connectivity index (χ3n) is 4.18. The van der Waals surface area contributed by atoms with Crippen LogP contribution >= 0.6 is 39.1 Å². The van der Waals surface area contributed by atoms with E-state index in [4.69, 9.17) is 23.2 Å². The Hall–Kier alpha value is -1.83. The van der Waals surface area contributed by atoms with Crippen LogP contribution in [0.5, 0.6) is 0 Å². The molecule has 0 bridgehead atoms. The van der Waals surface area contributed by atoms with Gasteiger partial charge in [0.05, 0.1) is 26.8 Å². The number of aromatic nitrogens is 4. The molecule has 3 aromatic rings. The molecule has 3 rings (SSSR count). The smallest absolute Gasteiger partial charge is 0.250 e. The van der Waals surface area contributed by atoms with Gasteiger partial charge in [-0.3, -0.25) is 14.2 Å². The van der Waals surface area contributed by atoms with Crippen molar-refractivity contribution in [3.8, 4) is 0 Å². The zero-order valence-electron chi connectivity index (χ0n) is 15.0. The Morgan fingerprint density at radius 1 is 1.22 bits per heavy atom. The molecule has 0 radical (unpaired) electrons. The van der Waals surface area contributed by atoms with Crippen LogP contribution in [0.1, 0.15) is 29.9 Å². The average Bonchev–Trinajstić information content (AvgIpc) is 3.12. The first-order valence-electron chi connectivity index (χ1n) is 8.25. The minimum Gasteiger partial charge on any atom is -0.307 e. The van der Waals surface area contributed by atoms with E-state index in [1.54, 1.807) is 28.6 Å². The summed E-state index contributed by atoms with van der Waals surface area (Å²) in [6.45, 7) is 6.12. The number of anilines is 1. The van der Waals surface area contributed by atoms with Crippen LogP contribution in [0.3, 0.4) is 0 Å². The van der Waals surface area contributed by atoms with Gasteiger partial charge in [0.2, 0.25) is 5.91 Å². The van der Waals surface area contributed by atoms with E-state index in [1.807, 2.05) is 32.0 Å². The maximum atomic E-state index is 12.5. The summed E-state index contributed by atoms with van der Waals surface area (Å²) in [5, 5.41) is 12.7. The van der Waals surface area contributed by atoms with Crippen molar-refractivity contribution in [1.29, 1.82) is 0 Å². The number of benzene rings is 1. The third-order valence-corrected chi connectivity index (χ3v) is 5.70. The van der Waals surface area contributed by atoms with E-state index in [0.717, 1.165) is 21.4 Å². The van der Waals surface area contributed by atoms with E-state index in [2.05, 4.69) is 31.4 Å². The van der Waals surface area contributed by atoms with Crippen LogP contribution in [0, 0.1) is 13.8 Å². The van der Waals surface area contributed by atoms with Gasteiger partial charge >= 0.3 is 0 Å². The van der Waals surface area contributed by atoms with Crippen molar-refractivity contribution >= 4 is 50.9 Å². The Kier molecular flexibility index (Phi) is 5.93. The fraction of sp³-hybridized carbons (Fsp3) is 0.278. The molecule has 1 amide bonds. The van der Waals surface area contributed by atoms with Gasteiger partial charge < -0.3 is 5.32 Å². The van der Waals surface area contributed by atoms with E-state index < -0.39 is 6.04 Å². The van der Waals surface area contributed by atoms with Gasteiger partial charge in [-0.1, -0.05) is 29.3 Å². The first-order valence-corrected chi connectivity index (χ1v) is 9.80. The van der Waals surface area contributed by atoms with Gasteiger partial charge in [0.1, 0.15) is 6.04 Å². The fourth-order valence-corrected chi connectivity index (χ4v) is 3.16. The second-order valence-electron chi connectivity index (χ2n) is 6.28. The van der Waals surface area contributed by atoms with Crippen molar-refractivity contribution in [2.24, 2.45) is 0 Å². The number of rotatable bonds is 5. The van der Waals surface area contributed by atoms with Crippen molar-refractivity contribution in [1.82, 2.24) is 19.6 Å². The maximum Gasteiger partial charge on any atom is 0.250 e. The number of amides is 1. The number of nitrogens with zero attached hydrogens (tertiary/aromatic N) is 4. The summed E-state index contributed by atoms with van der Waals surface area (Å²) in [7, 11) is 0. The van der Waals surface area contributed by atoms with Crippen LogP contribution in [0.15, 0.2) is 34.9 Å². The van der Waals surface area contributed by atoms with Gasteiger partial charge in [-0.15, -0.1) is 0 Å². The van der Waals surface area contributed by atoms with Crippen molar-refractivity contribution in [2.45, 2.75) is 33.4 Å². The highest BCUT2D eigenvalue weighted by atomic mass is 79.9. The summed E-state index contributed by atoms with van der Waals surface area (Å²) in [5.74, 6) is 0.302. The first-order chi connectivity index (χ1) is 12.7. The number of aryl methyl sites for hydroxylation is 2. The molecule has 0 saturated heterocycles. The summed E-state index contributed by atoms with van der Waals surface area (Å²) in [4.78, 5) is 12.5. The van der Waals surface area contributed by atoms with E-state index in [9.17, 15) is 4.79 Å². The normalized spacial score (nSPS) is 12.2. The predicted molar refractivity (Wildman–Crippen MR) is 111 cm³/mol. The van der Waals surface area contributed by atoms with Crippen LogP contribution < -0.4 is 5.32 Å². The summed E-state index contributed by atoms with van der Waals surface area (Å²) in [6.07, 6.45) is 1.79. The van der Waals surface area contributed by atoms with Gasteiger partial charge in [-0.2, -0.15) is 10.2 Å². The monoisotopic (exact) mass is 469 g/mol. The zero-order chi connectivity index (χ0) is 19.7. The van der Waals surface area contributed by atoms with Gasteiger partial charge in [-0.25, -0.2) is 0 Å². The van der Waals surface area contributed by atoms with Gasteiger partial charge in [0.25, 0.3) is 0 Å². The molecule has 9 heteroatoms. The fourth-order valence-electron chi connectivity index (χ4n) is 2.55. The van der Waals surface area contributed by atoms with Crippen LogP contribution in [0.2, 0.25) is 10.0 Å². The molecule has 1 aromatic carbocycles. The molecule has 0 spiro atoms. The second-order valence-corrected chi connectivity index (χ2v) is 7.95. The lowest BCUT2D eigenvalue weighted by Gasteiger charge is -2.11. The van der Waals surface area contributed by atoms with Gasteiger partial charge in [0, 0.05) is 18.0 Å². The maximum absolute atomic E-state index is 12.5. The van der Waals surface area contributed by atoms with Crippen LogP contribution in [0.4, 0.5) is 5.82 Å². The minimum atomic E-state index is -0.462. The molecule has 0 fully saturated rings. The lowest BCUT2D eigenvalue weighted by molar-refractivity contribution is -0.119. The zero-order valence-corrected chi connectivity index (χ0v) is 18.1. The topological polar surface area (TPSA) is 64.7 Å². The number of carbonyl (C=O) groups excluding carboxylic acids is 1. The van der Waals surface area contributed by atoms with Crippen molar-refractivity contribution < 1.29 is 4.79 Å². The highest BCUT2D eigenvalue weighted by Crippen LogP contribution is 2.23. The lowest BCUT2D eigenvalue weighted by atomic mass is 10.2. The molecular weight excluding hydrogens is 453 g/mol. The van der Waals surface area contributed by atoms with Gasteiger partial charge in [0.15, 0.2) is 5.82 Å². The summed E-state index contributed by atoms with van der Waals surface area (Å²) >= 11 is 15.4. The minimum absolute atomic E-state index is 0.191. The molecule has 0 saturated carbocycles. The number of nitrogens with one attached hydrogen (secondary N) is 1. The van der Waals surface area contributed by atoms with Crippen LogP contribution in [-0.4, -0.2) is 25.5 Å². The molecule has 0 aliphatic rings. The lowest BCUT2D eigenvalue weighted by Crippen LogP contribution is -2.24. The number of halogens is 3. The molecule has 0 aliphatic heterocycles. The molecular formula is C18H18BrCl2N5O. The standard InChI is InChI=1S/C18H18BrCl2N5O/c1-10-6-17(22-18(27)12(3)26-9-14(19)11(2)23-26)24-25(10)8-13-4-5-15(20)16(21)7-13/h4-7,9,12H,8H2,1-3H3,(H,22,24,27). The van der Waals surface area contributed by atoms with E-state index in [1.165, 1.54) is 0 Å². The summed E-state index contributed by atoms with van der Waals surface area (Å²) in [6, 6.07) is 6.83. The molecule has 2 heterocycles. The molecule has 2 aromatic heterocycles. The molecule has 1 N–H and O–H groups in total. The molecule has 1 atom stereocenters. The number of carbonyl (C=O) groups is 1. The quantitative estimate of drug-likeness (QED) is 0.569.